The number of alkyl halides is 1. The maximum atomic E-state index is 12.0. The third-order valence-electron chi connectivity index (χ3n) is 2.78. The smallest absolute Gasteiger partial charge is 0.251 e. The Morgan fingerprint density at radius 2 is 1.89 bits per heavy atom. The fourth-order valence-corrected chi connectivity index (χ4v) is 4.67. The molecule has 2 unspecified atom stereocenters. The zero-order chi connectivity index (χ0) is 14.2. The summed E-state index contributed by atoms with van der Waals surface area (Å²) in [5.41, 5.74) is 0.308. The number of hydrogen-bond donors (Lipinski definition) is 1. The summed E-state index contributed by atoms with van der Waals surface area (Å²) in [6, 6.07) is 3.85. The van der Waals surface area contributed by atoms with Crippen LogP contribution in [-0.2, 0) is 9.84 Å². The van der Waals surface area contributed by atoms with Crippen LogP contribution in [0, 0.1) is 0 Å². The quantitative estimate of drug-likeness (QED) is 0.838. The van der Waals surface area contributed by atoms with Crippen molar-refractivity contribution in [2.45, 2.75) is 11.4 Å². The van der Waals surface area contributed by atoms with Crippen LogP contribution in [0.1, 0.15) is 10.4 Å². The van der Waals surface area contributed by atoms with Gasteiger partial charge in [-0.05, 0) is 18.2 Å². The molecule has 1 amide bonds. The van der Waals surface area contributed by atoms with E-state index in [9.17, 15) is 13.2 Å². The number of benzene rings is 1. The van der Waals surface area contributed by atoms with Crippen LogP contribution in [0.3, 0.4) is 0 Å². The van der Waals surface area contributed by atoms with Gasteiger partial charge in [0.25, 0.3) is 5.91 Å². The van der Waals surface area contributed by atoms with Gasteiger partial charge in [0.2, 0.25) is 0 Å². The van der Waals surface area contributed by atoms with Crippen LogP contribution >= 0.6 is 34.8 Å². The van der Waals surface area contributed by atoms with E-state index < -0.39 is 27.2 Å². The molecule has 1 aliphatic heterocycles. The minimum Gasteiger partial charge on any atom is -0.347 e. The first-order chi connectivity index (χ1) is 8.78. The van der Waals surface area contributed by atoms with E-state index in [1.807, 2.05) is 0 Å². The maximum absolute atomic E-state index is 12.0. The van der Waals surface area contributed by atoms with Crippen LogP contribution in [0.15, 0.2) is 18.2 Å². The lowest BCUT2D eigenvalue weighted by molar-refractivity contribution is 0.0941. The number of sulfone groups is 1. The highest BCUT2D eigenvalue weighted by Crippen LogP contribution is 2.23. The first-order valence-electron chi connectivity index (χ1n) is 5.39. The van der Waals surface area contributed by atoms with Crippen molar-refractivity contribution in [1.82, 2.24) is 5.32 Å². The standard InChI is InChI=1S/C11H10Cl3NO3S/c12-7-2-1-6(3-8(7)13)11(16)15-10-5-19(17,18)4-9(10)14/h1-3,9-10H,4-5H2,(H,15,16). The average Bonchev–Trinajstić information content (AvgIpc) is 2.55. The molecule has 0 aliphatic carbocycles. The lowest BCUT2D eigenvalue weighted by atomic mass is 10.2. The summed E-state index contributed by atoms with van der Waals surface area (Å²) in [5.74, 6) is -0.693. The van der Waals surface area contributed by atoms with E-state index in [1.165, 1.54) is 18.2 Å². The normalized spacial score (nSPS) is 25.2. The number of nitrogens with one attached hydrogen (secondary N) is 1. The van der Waals surface area contributed by atoms with E-state index in [-0.39, 0.29) is 16.5 Å². The van der Waals surface area contributed by atoms with Crippen molar-refractivity contribution in [2.24, 2.45) is 0 Å². The SMILES string of the molecule is O=C(NC1CS(=O)(=O)CC1Cl)c1ccc(Cl)c(Cl)c1. The van der Waals surface area contributed by atoms with Crippen LogP contribution in [0.2, 0.25) is 10.0 Å². The molecule has 0 saturated carbocycles. The Labute approximate surface area is 125 Å². The fourth-order valence-electron chi connectivity index (χ4n) is 1.83. The van der Waals surface area contributed by atoms with E-state index in [0.717, 1.165) is 0 Å². The molecule has 2 atom stereocenters. The first-order valence-corrected chi connectivity index (χ1v) is 8.40. The lowest BCUT2D eigenvalue weighted by Crippen LogP contribution is -2.40. The van der Waals surface area contributed by atoms with Crippen LogP contribution in [0.25, 0.3) is 0 Å². The molecule has 2 rings (SSSR count). The minimum absolute atomic E-state index is 0.124. The molecule has 0 bridgehead atoms. The van der Waals surface area contributed by atoms with E-state index in [0.29, 0.717) is 10.6 Å². The van der Waals surface area contributed by atoms with E-state index >= 15 is 0 Å². The topological polar surface area (TPSA) is 63.2 Å². The molecule has 1 aromatic carbocycles. The number of halogens is 3. The van der Waals surface area contributed by atoms with Crippen LogP contribution in [0.4, 0.5) is 0 Å². The van der Waals surface area contributed by atoms with Crippen molar-refractivity contribution < 1.29 is 13.2 Å². The number of amides is 1. The Hall–Kier alpha value is -0.490. The molecule has 0 aromatic heterocycles. The highest BCUT2D eigenvalue weighted by Gasteiger charge is 2.37. The van der Waals surface area contributed by atoms with Gasteiger partial charge in [0.1, 0.15) is 0 Å². The predicted octanol–water partition coefficient (Wildman–Crippen LogP) is 2.13. The molecule has 0 spiro atoms. The Morgan fingerprint density at radius 3 is 2.42 bits per heavy atom. The summed E-state index contributed by atoms with van der Waals surface area (Å²) in [7, 11) is -3.18. The van der Waals surface area contributed by atoms with E-state index in [4.69, 9.17) is 34.8 Å². The molecule has 1 aliphatic rings. The van der Waals surface area contributed by atoms with Crippen molar-refractivity contribution in [2.75, 3.05) is 11.5 Å². The summed E-state index contributed by atoms with van der Waals surface area (Å²) >= 11 is 17.5. The van der Waals surface area contributed by atoms with Crippen molar-refractivity contribution in [3.63, 3.8) is 0 Å². The Balaban J connectivity index is 2.11. The van der Waals surface area contributed by atoms with Gasteiger partial charge in [-0.15, -0.1) is 11.6 Å². The van der Waals surface area contributed by atoms with Gasteiger partial charge in [0.15, 0.2) is 9.84 Å². The minimum atomic E-state index is -3.18. The summed E-state index contributed by atoms with van der Waals surface area (Å²) in [6.45, 7) is 0. The summed E-state index contributed by atoms with van der Waals surface area (Å²) in [5, 5.41) is 2.59. The number of hydrogen-bond acceptors (Lipinski definition) is 3. The predicted molar refractivity (Wildman–Crippen MR) is 76.0 cm³/mol. The molecule has 1 aromatic rings. The maximum Gasteiger partial charge on any atom is 0.251 e. The lowest BCUT2D eigenvalue weighted by Gasteiger charge is -2.14. The molecule has 1 N–H and O–H groups in total. The second-order valence-corrected chi connectivity index (χ2v) is 7.83. The van der Waals surface area contributed by atoms with Gasteiger partial charge in [0.05, 0.1) is 33.0 Å². The highest BCUT2D eigenvalue weighted by molar-refractivity contribution is 7.91. The Morgan fingerprint density at radius 1 is 1.21 bits per heavy atom. The van der Waals surface area contributed by atoms with Gasteiger partial charge in [-0.1, -0.05) is 23.2 Å². The Bertz CT molecular complexity index is 618. The van der Waals surface area contributed by atoms with Crippen LogP contribution in [-0.4, -0.2) is 37.2 Å². The molecular formula is C11H10Cl3NO3S. The highest BCUT2D eigenvalue weighted by atomic mass is 35.5. The largest absolute Gasteiger partial charge is 0.347 e. The van der Waals surface area contributed by atoms with Gasteiger partial charge >= 0.3 is 0 Å². The molecule has 19 heavy (non-hydrogen) atoms. The van der Waals surface area contributed by atoms with Crippen molar-refractivity contribution in [3.8, 4) is 0 Å². The average molecular weight is 343 g/mol. The Kier molecular flexibility index (Phi) is 4.30. The molecule has 8 heteroatoms. The summed E-state index contributed by atoms with van der Waals surface area (Å²) < 4.78 is 22.8. The van der Waals surface area contributed by atoms with Crippen LogP contribution < -0.4 is 5.32 Å². The molecule has 4 nitrogen and oxygen atoms in total. The van der Waals surface area contributed by atoms with Crippen molar-refractivity contribution >= 4 is 50.5 Å². The molecule has 1 fully saturated rings. The second-order valence-electron chi connectivity index (χ2n) is 4.30. The second kappa shape index (κ2) is 5.48. The van der Waals surface area contributed by atoms with Gasteiger partial charge in [0, 0.05) is 5.56 Å². The van der Waals surface area contributed by atoms with Gasteiger partial charge < -0.3 is 5.32 Å². The van der Waals surface area contributed by atoms with Gasteiger partial charge in [-0.3, -0.25) is 4.79 Å². The third kappa shape index (κ3) is 3.54. The molecule has 0 radical (unpaired) electrons. The van der Waals surface area contributed by atoms with Gasteiger partial charge in [-0.25, -0.2) is 8.42 Å². The zero-order valence-electron chi connectivity index (χ0n) is 9.57. The van der Waals surface area contributed by atoms with E-state index in [1.54, 1.807) is 0 Å². The van der Waals surface area contributed by atoms with Crippen LogP contribution in [0.5, 0.6) is 0 Å². The van der Waals surface area contributed by atoms with Crippen molar-refractivity contribution in [1.29, 1.82) is 0 Å². The summed E-state index contributed by atoms with van der Waals surface area (Å²) in [6.07, 6.45) is 0. The third-order valence-corrected chi connectivity index (χ3v) is 5.90. The number of rotatable bonds is 2. The molecule has 1 saturated heterocycles. The number of carbonyl (C=O) groups excluding carboxylic acids is 1. The monoisotopic (exact) mass is 341 g/mol. The van der Waals surface area contributed by atoms with Gasteiger partial charge in [-0.2, -0.15) is 0 Å². The first kappa shape index (κ1) is 14.9. The summed E-state index contributed by atoms with van der Waals surface area (Å²) in [4.78, 5) is 12.0. The number of carbonyl (C=O) groups is 1. The molecule has 1 heterocycles. The van der Waals surface area contributed by atoms with Crippen molar-refractivity contribution in [3.05, 3.63) is 33.8 Å². The fraction of sp³-hybridized carbons (Fsp3) is 0.364. The molecular weight excluding hydrogens is 333 g/mol. The zero-order valence-corrected chi connectivity index (χ0v) is 12.7. The molecule has 104 valence electrons. The van der Waals surface area contributed by atoms with E-state index in [2.05, 4.69) is 5.32 Å².